The molecule has 2 aromatic carbocycles. The van der Waals surface area contributed by atoms with Crippen LogP contribution in [0.2, 0.25) is 0 Å². The van der Waals surface area contributed by atoms with Crippen LogP contribution in [0.25, 0.3) is 6.08 Å². The van der Waals surface area contributed by atoms with Crippen LogP contribution in [-0.4, -0.2) is 19.0 Å². The fourth-order valence-electron chi connectivity index (χ4n) is 2.95. The molecule has 1 N–H and O–H groups in total. The highest BCUT2D eigenvalue weighted by Gasteiger charge is 2.15. The normalized spacial score (nSPS) is 15.5. The van der Waals surface area contributed by atoms with Gasteiger partial charge in [0.25, 0.3) is 0 Å². The molecule has 0 atom stereocenters. The molecule has 1 aliphatic rings. The highest BCUT2D eigenvalue weighted by Crippen LogP contribution is 2.24. The van der Waals surface area contributed by atoms with Crippen LogP contribution in [0, 0.1) is 11.7 Å². The van der Waals surface area contributed by atoms with E-state index in [2.05, 4.69) is 29.3 Å². The average Bonchev–Trinajstić information content (AvgIpc) is 2.63. The van der Waals surface area contributed by atoms with Crippen molar-refractivity contribution >= 4 is 23.4 Å². The molecule has 1 aliphatic heterocycles. The highest BCUT2D eigenvalue weighted by atomic mass is 19.1. The zero-order valence-electron chi connectivity index (χ0n) is 14.4. The largest absolute Gasteiger partial charge is 0.372 e. The second-order valence-electron chi connectivity index (χ2n) is 6.59. The van der Waals surface area contributed by atoms with Gasteiger partial charge in [-0.2, -0.15) is 0 Å². The van der Waals surface area contributed by atoms with E-state index in [4.69, 9.17) is 0 Å². The monoisotopic (exact) mass is 338 g/mol. The number of carbonyl (C=O) groups is 1. The lowest BCUT2D eigenvalue weighted by Crippen LogP contribution is -2.32. The Morgan fingerprint density at radius 2 is 1.72 bits per heavy atom. The van der Waals surface area contributed by atoms with E-state index < -0.39 is 0 Å². The number of carbonyl (C=O) groups excluding carboxylic acids is 1. The van der Waals surface area contributed by atoms with E-state index in [1.54, 1.807) is 18.2 Å². The number of hydrogen-bond acceptors (Lipinski definition) is 2. The molecule has 3 nitrogen and oxygen atoms in total. The smallest absolute Gasteiger partial charge is 0.248 e. The Labute approximate surface area is 148 Å². The molecule has 0 aromatic heterocycles. The molecule has 4 heteroatoms. The number of benzene rings is 2. The third-order valence-electron chi connectivity index (χ3n) is 4.58. The minimum atomic E-state index is -0.287. The van der Waals surface area contributed by atoms with E-state index in [0.717, 1.165) is 30.3 Å². The first-order valence-electron chi connectivity index (χ1n) is 8.70. The summed E-state index contributed by atoms with van der Waals surface area (Å²) in [4.78, 5) is 14.4. The maximum atomic E-state index is 12.9. The van der Waals surface area contributed by atoms with E-state index in [1.165, 1.54) is 36.7 Å². The zero-order valence-corrected chi connectivity index (χ0v) is 14.4. The van der Waals surface area contributed by atoms with E-state index >= 15 is 0 Å². The first-order chi connectivity index (χ1) is 12.1. The summed E-state index contributed by atoms with van der Waals surface area (Å²) < 4.78 is 12.9. The van der Waals surface area contributed by atoms with Gasteiger partial charge in [0, 0.05) is 30.5 Å². The number of anilines is 2. The number of nitrogens with one attached hydrogen (secondary N) is 1. The van der Waals surface area contributed by atoms with Crippen molar-refractivity contribution in [2.45, 2.75) is 19.8 Å². The molecule has 0 bridgehead atoms. The molecular formula is C21H23FN2O. The predicted molar refractivity (Wildman–Crippen MR) is 101 cm³/mol. The van der Waals surface area contributed by atoms with Crippen molar-refractivity contribution in [1.29, 1.82) is 0 Å². The Balaban J connectivity index is 1.55. The van der Waals surface area contributed by atoms with Crippen LogP contribution in [0.1, 0.15) is 25.3 Å². The van der Waals surface area contributed by atoms with Crippen LogP contribution >= 0.6 is 0 Å². The standard InChI is InChI=1S/C21H23FN2O/c1-16-12-14-24(15-13-16)20-9-7-19(8-10-20)23-21(25)11-4-17-2-5-18(22)6-3-17/h2-11,16H,12-15H2,1H3,(H,23,25)/b11-4+. The van der Waals surface area contributed by atoms with Crippen molar-refractivity contribution in [2.75, 3.05) is 23.3 Å². The molecule has 25 heavy (non-hydrogen) atoms. The second kappa shape index (κ2) is 7.97. The van der Waals surface area contributed by atoms with Crippen LogP contribution in [0.5, 0.6) is 0 Å². The molecule has 1 amide bonds. The van der Waals surface area contributed by atoms with Crippen LogP contribution in [0.15, 0.2) is 54.6 Å². The molecule has 0 saturated carbocycles. The molecule has 0 aliphatic carbocycles. The van der Waals surface area contributed by atoms with Gasteiger partial charge in [-0.3, -0.25) is 4.79 Å². The fraction of sp³-hybridized carbons (Fsp3) is 0.286. The van der Waals surface area contributed by atoms with Crippen LogP contribution in [-0.2, 0) is 4.79 Å². The van der Waals surface area contributed by atoms with Gasteiger partial charge < -0.3 is 10.2 Å². The van der Waals surface area contributed by atoms with Crippen molar-refractivity contribution in [3.8, 4) is 0 Å². The molecule has 1 saturated heterocycles. The minimum absolute atomic E-state index is 0.205. The summed E-state index contributed by atoms with van der Waals surface area (Å²) in [5.41, 5.74) is 2.75. The molecular weight excluding hydrogens is 315 g/mol. The quantitative estimate of drug-likeness (QED) is 0.819. The summed E-state index contributed by atoms with van der Waals surface area (Å²) in [5.74, 6) is 0.316. The van der Waals surface area contributed by atoms with Crippen molar-refractivity contribution in [2.24, 2.45) is 5.92 Å². The van der Waals surface area contributed by atoms with E-state index in [-0.39, 0.29) is 11.7 Å². The van der Waals surface area contributed by atoms with E-state index in [9.17, 15) is 9.18 Å². The lowest BCUT2D eigenvalue weighted by Gasteiger charge is -2.32. The number of rotatable bonds is 4. The third kappa shape index (κ3) is 4.92. The van der Waals surface area contributed by atoms with Gasteiger partial charge in [-0.25, -0.2) is 4.39 Å². The molecule has 130 valence electrons. The van der Waals surface area contributed by atoms with Crippen molar-refractivity contribution in [1.82, 2.24) is 0 Å². The summed E-state index contributed by atoms with van der Waals surface area (Å²) in [6.07, 6.45) is 5.57. The Kier molecular flexibility index (Phi) is 5.49. The summed E-state index contributed by atoms with van der Waals surface area (Å²) in [5, 5.41) is 2.84. The van der Waals surface area contributed by atoms with Crippen LogP contribution in [0.3, 0.4) is 0 Å². The second-order valence-corrected chi connectivity index (χ2v) is 6.59. The molecule has 2 aromatic rings. The predicted octanol–water partition coefficient (Wildman–Crippen LogP) is 4.71. The van der Waals surface area contributed by atoms with Crippen molar-refractivity contribution < 1.29 is 9.18 Å². The number of amides is 1. The minimum Gasteiger partial charge on any atom is -0.372 e. The van der Waals surface area contributed by atoms with Crippen molar-refractivity contribution in [3.63, 3.8) is 0 Å². The number of halogens is 1. The molecule has 3 rings (SSSR count). The van der Waals surface area contributed by atoms with Gasteiger partial charge in [0.2, 0.25) is 5.91 Å². The Morgan fingerprint density at radius 1 is 1.08 bits per heavy atom. The maximum Gasteiger partial charge on any atom is 0.248 e. The summed E-state index contributed by atoms with van der Waals surface area (Å²) in [6.45, 7) is 4.48. The van der Waals surface area contributed by atoms with Crippen molar-refractivity contribution in [3.05, 3.63) is 66.0 Å². The van der Waals surface area contributed by atoms with Gasteiger partial charge in [0.1, 0.15) is 5.82 Å². The van der Waals surface area contributed by atoms with Gasteiger partial charge in [0.05, 0.1) is 0 Å². The number of nitrogens with zero attached hydrogens (tertiary/aromatic N) is 1. The summed E-state index contributed by atoms with van der Waals surface area (Å²) in [7, 11) is 0. The number of hydrogen-bond donors (Lipinski definition) is 1. The van der Waals surface area contributed by atoms with Gasteiger partial charge in [-0.15, -0.1) is 0 Å². The fourth-order valence-corrected chi connectivity index (χ4v) is 2.95. The molecule has 1 heterocycles. The Bertz CT molecular complexity index is 729. The first-order valence-corrected chi connectivity index (χ1v) is 8.70. The summed E-state index contributed by atoms with van der Waals surface area (Å²) in [6, 6.07) is 14.0. The molecule has 0 unspecified atom stereocenters. The first kappa shape index (κ1) is 17.2. The van der Waals surface area contributed by atoms with Crippen LogP contribution < -0.4 is 10.2 Å². The summed E-state index contributed by atoms with van der Waals surface area (Å²) >= 11 is 0. The van der Waals surface area contributed by atoms with Gasteiger partial charge >= 0.3 is 0 Å². The number of piperidine rings is 1. The Hall–Kier alpha value is -2.62. The van der Waals surface area contributed by atoms with E-state index in [1.807, 2.05) is 12.1 Å². The lowest BCUT2D eigenvalue weighted by atomic mass is 9.99. The highest BCUT2D eigenvalue weighted by molar-refractivity contribution is 6.02. The van der Waals surface area contributed by atoms with Gasteiger partial charge in [-0.1, -0.05) is 19.1 Å². The average molecular weight is 338 g/mol. The third-order valence-corrected chi connectivity index (χ3v) is 4.58. The zero-order chi connectivity index (χ0) is 17.6. The maximum absolute atomic E-state index is 12.9. The van der Waals surface area contributed by atoms with E-state index in [0.29, 0.717) is 0 Å². The molecule has 1 fully saturated rings. The molecule has 0 radical (unpaired) electrons. The van der Waals surface area contributed by atoms with Crippen LogP contribution in [0.4, 0.5) is 15.8 Å². The van der Waals surface area contributed by atoms with Gasteiger partial charge in [0.15, 0.2) is 0 Å². The SMILES string of the molecule is CC1CCN(c2ccc(NC(=O)/C=C/c3ccc(F)cc3)cc2)CC1. The molecule has 0 spiro atoms. The van der Waals surface area contributed by atoms with Gasteiger partial charge in [-0.05, 0) is 66.8 Å². The Morgan fingerprint density at radius 3 is 2.36 bits per heavy atom. The topological polar surface area (TPSA) is 32.3 Å². The lowest BCUT2D eigenvalue weighted by molar-refractivity contribution is -0.111.